The van der Waals surface area contributed by atoms with Gasteiger partial charge in [0.1, 0.15) is 23.9 Å². The van der Waals surface area contributed by atoms with Crippen molar-refractivity contribution < 1.29 is 39.3 Å². The second-order valence-electron chi connectivity index (χ2n) is 7.56. The van der Waals surface area contributed by atoms with E-state index in [1.54, 1.807) is 0 Å². The standard InChI is InChI=1S/C21H30N4O8S2/c1-35-7-6-13(22)18(29)25-16(10-34)20(31)23-14(8-11-2-4-12(26)5-3-11)19(30)24-15(21(32)33)9-17(27)28/h2-5,13-16,26,34H,6-10,22H2,1H3,(H,23,31)(H,24,30)(H,25,29)(H,27,28)(H,32,33). The van der Waals surface area contributed by atoms with E-state index in [4.69, 9.17) is 10.8 Å². The highest BCUT2D eigenvalue weighted by atomic mass is 32.2. The first-order valence-corrected chi connectivity index (χ1v) is 12.5. The Morgan fingerprint density at radius 3 is 2.00 bits per heavy atom. The number of thioether (sulfide) groups is 1. The van der Waals surface area contributed by atoms with Crippen molar-refractivity contribution in [1.82, 2.24) is 16.0 Å². The van der Waals surface area contributed by atoms with Crippen molar-refractivity contribution in [1.29, 1.82) is 0 Å². The fraction of sp³-hybridized carbons (Fsp3) is 0.476. The number of carbonyl (C=O) groups excluding carboxylic acids is 3. The summed E-state index contributed by atoms with van der Waals surface area (Å²) in [6, 6.07) is 0.678. The van der Waals surface area contributed by atoms with Crippen LogP contribution in [0.1, 0.15) is 18.4 Å². The number of nitrogens with one attached hydrogen (secondary N) is 3. The Balaban J connectivity index is 3.03. The molecule has 0 aliphatic carbocycles. The summed E-state index contributed by atoms with van der Waals surface area (Å²) in [5.74, 6) is -4.78. The molecule has 0 spiro atoms. The van der Waals surface area contributed by atoms with Crippen LogP contribution in [0.3, 0.4) is 0 Å². The summed E-state index contributed by atoms with van der Waals surface area (Å²) in [6.45, 7) is 0. The van der Waals surface area contributed by atoms with Gasteiger partial charge in [-0.15, -0.1) is 0 Å². The molecule has 0 aromatic heterocycles. The molecular weight excluding hydrogens is 500 g/mol. The summed E-state index contributed by atoms with van der Waals surface area (Å²) in [4.78, 5) is 60.3. The molecule has 0 saturated carbocycles. The molecule has 194 valence electrons. The normalized spacial score (nSPS) is 14.1. The zero-order chi connectivity index (χ0) is 26.5. The predicted octanol–water partition coefficient (Wildman–Crippen LogP) is -1.04. The van der Waals surface area contributed by atoms with E-state index in [0.717, 1.165) is 0 Å². The van der Waals surface area contributed by atoms with Crippen LogP contribution in [0, 0.1) is 0 Å². The van der Waals surface area contributed by atoms with E-state index in [9.17, 15) is 34.2 Å². The molecule has 3 amide bonds. The number of nitrogens with two attached hydrogens (primary N) is 1. The third-order valence-corrected chi connectivity index (χ3v) is 5.80. The summed E-state index contributed by atoms with van der Waals surface area (Å²) < 4.78 is 0. The van der Waals surface area contributed by atoms with E-state index in [1.807, 2.05) is 6.26 Å². The zero-order valence-electron chi connectivity index (χ0n) is 19.0. The number of carboxylic acid groups (broad SMARTS) is 2. The lowest BCUT2D eigenvalue weighted by Gasteiger charge is -2.24. The molecule has 0 radical (unpaired) electrons. The van der Waals surface area contributed by atoms with Crippen LogP contribution in [0.25, 0.3) is 0 Å². The van der Waals surface area contributed by atoms with Gasteiger partial charge in [-0.05, 0) is 36.1 Å². The number of aliphatic carboxylic acids is 2. The van der Waals surface area contributed by atoms with Crippen LogP contribution in [0.4, 0.5) is 0 Å². The van der Waals surface area contributed by atoms with Gasteiger partial charge in [0.2, 0.25) is 17.7 Å². The molecule has 8 N–H and O–H groups in total. The van der Waals surface area contributed by atoms with E-state index in [-0.39, 0.29) is 17.9 Å². The van der Waals surface area contributed by atoms with Crippen molar-refractivity contribution in [2.45, 2.75) is 43.4 Å². The van der Waals surface area contributed by atoms with E-state index in [1.165, 1.54) is 36.0 Å². The number of carboxylic acids is 2. The monoisotopic (exact) mass is 530 g/mol. The summed E-state index contributed by atoms with van der Waals surface area (Å²) >= 11 is 5.59. The zero-order valence-corrected chi connectivity index (χ0v) is 20.7. The Hall–Kier alpha value is -2.97. The minimum Gasteiger partial charge on any atom is -0.508 e. The number of amides is 3. The number of hydrogen-bond donors (Lipinski definition) is 8. The fourth-order valence-electron chi connectivity index (χ4n) is 2.85. The van der Waals surface area contributed by atoms with Crippen molar-refractivity contribution >= 4 is 54.1 Å². The third-order valence-electron chi connectivity index (χ3n) is 4.79. The Labute approximate surface area is 211 Å². The van der Waals surface area contributed by atoms with E-state index >= 15 is 0 Å². The SMILES string of the molecule is CSCCC(N)C(=O)NC(CS)C(=O)NC(Cc1ccc(O)cc1)C(=O)NC(CC(=O)O)C(=O)O. The molecule has 1 aromatic rings. The summed E-state index contributed by atoms with van der Waals surface area (Å²) in [6.07, 6.45) is 1.27. The Kier molecular flexibility index (Phi) is 13.0. The number of phenolic OH excluding ortho intramolecular Hbond substituents is 1. The molecule has 0 fully saturated rings. The molecule has 1 aromatic carbocycles. The quantitative estimate of drug-likeness (QED) is 0.129. The van der Waals surface area contributed by atoms with E-state index in [2.05, 4.69) is 28.6 Å². The molecule has 0 heterocycles. The average molecular weight is 531 g/mol. The Morgan fingerprint density at radius 2 is 1.49 bits per heavy atom. The minimum atomic E-state index is -1.73. The average Bonchev–Trinajstić information content (AvgIpc) is 2.80. The molecule has 4 atom stereocenters. The van der Waals surface area contributed by atoms with Gasteiger partial charge in [-0.3, -0.25) is 19.2 Å². The predicted molar refractivity (Wildman–Crippen MR) is 132 cm³/mol. The van der Waals surface area contributed by atoms with Crippen molar-refractivity contribution in [2.75, 3.05) is 17.8 Å². The highest BCUT2D eigenvalue weighted by Crippen LogP contribution is 2.12. The third kappa shape index (κ3) is 10.9. The molecular formula is C21H30N4O8S2. The first kappa shape index (κ1) is 30.1. The van der Waals surface area contributed by atoms with Crippen molar-refractivity contribution in [2.24, 2.45) is 5.73 Å². The van der Waals surface area contributed by atoms with Crippen LogP contribution >= 0.6 is 24.4 Å². The van der Waals surface area contributed by atoms with Gasteiger partial charge in [0.05, 0.1) is 12.5 Å². The first-order chi connectivity index (χ1) is 16.5. The van der Waals surface area contributed by atoms with Crippen LogP contribution in [-0.4, -0.2) is 86.9 Å². The fourth-order valence-corrected chi connectivity index (χ4v) is 3.59. The van der Waals surface area contributed by atoms with Gasteiger partial charge in [-0.2, -0.15) is 24.4 Å². The molecule has 0 aliphatic rings. The maximum Gasteiger partial charge on any atom is 0.326 e. The molecule has 0 aliphatic heterocycles. The minimum absolute atomic E-state index is 0.0261. The van der Waals surface area contributed by atoms with Crippen LogP contribution in [0.15, 0.2) is 24.3 Å². The molecule has 4 unspecified atom stereocenters. The van der Waals surface area contributed by atoms with Gasteiger partial charge in [0.15, 0.2) is 0 Å². The van der Waals surface area contributed by atoms with Crippen molar-refractivity contribution in [3.8, 4) is 5.75 Å². The lowest BCUT2D eigenvalue weighted by Crippen LogP contribution is -2.58. The number of benzene rings is 1. The lowest BCUT2D eigenvalue weighted by atomic mass is 10.0. The van der Waals surface area contributed by atoms with Crippen LogP contribution in [-0.2, 0) is 30.4 Å². The number of phenols is 1. The number of thiol groups is 1. The molecule has 1 rings (SSSR count). The summed E-state index contributed by atoms with van der Waals surface area (Å²) in [5, 5.41) is 34.6. The summed E-state index contributed by atoms with van der Waals surface area (Å²) in [7, 11) is 0. The highest BCUT2D eigenvalue weighted by Gasteiger charge is 2.31. The first-order valence-electron chi connectivity index (χ1n) is 10.5. The van der Waals surface area contributed by atoms with Crippen molar-refractivity contribution in [3.63, 3.8) is 0 Å². The second kappa shape index (κ2) is 15.1. The molecule has 12 nitrogen and oxygen atoms in total. The maximum absolute atomic E-state index is 12.9. The number of aromatic hydroxyl groups is 1. The molecule has 35 heavy (non-hydrogen) atoms. The molecule has 0 bridgehead atoms. The van der Waals surface area contributed by atoms with Gasteiger partial charge >= 0.3 is 11.9 Å². The van der Waals surface area contributed by atoms with E-state index < -0.39 is 60.2 Å². The number of rotatable bonds is 15. The van der Waals surface area contributed by atoms with Gasteiger partial charge in [-0.1, -0.05) is 12.1 Å². The van der Waals surface area contributed by atoms with Crippen LogP contribution in [0.2, 0.25) is 0 Å². The maximum atomic E-state index is 12.9. The summed E-state index contributed by atoms with van der Waals surface area (Å²) in [5.41, 5.74) is 6.34. The van der Waals surface area contributed by atoms with Crippen LogP contribution < -0.4 is 21.7 Å². The highest BCUT2D eigenvalue weighted by molar-refractivity contribution is 7.98. The van der Waals surface area contributed by atoms with Gasteiger partial charge < -0.3 is 37.0 Å². The Bertz CT molecular complexity index is 900. The van der Waals surface area contributed by atoms with E-state index in [0.29, 0.717) is 17.7 Å². The lowest BCUT2D eigenvalue weighted by molar-refractivity contribution is -0.147. The topological polar surface area (TPSA) is 208 Å². The van der Waals surface area contributed by atoms with Crippen molar-refractivity contribution in [3.05, 3.63) is 29.8 Å². The number of carbonyl (C=O) groups is 5. The van der Waals surface area contributed by atoms with Gasteiger partial charge in [0, 0.05) is 12.2 Å². The molecule has 0 saturated heterocycles. The largest absolute Gasteiger partial charge is 0.508 e. The Morgan fingerprint density at radius 1 is 0.943 bits per heavy atom. The van der Waals surface area contributed by atoms with Gasteiger partial charge in [-0.25, -0.2) is 4.79 Å². The van der Waals surface area contributed by atoms with Gasteiger partial charge in [0.25, 0.3) is 0 Å². The smallest absolute Gasteiger partial charge is 0.326 e. The van der Waals surface area contributed by atoms with Crippen LogP contribution in [0.5, 0.6) is 5.75 Å². The number of hydrogen-bond acceptors (Lipinski definition) is 9. The second-order valence-corrected chi connectivity index (χ2v) is 8.91. The molecule has 14 heteroatoms.